The molecule has 3 rings (SSSR count). The summed E-state index contributed by atoms with van der Waals surface area (Å²) in [4.78, 5) is 20.7. The molecule has 4 nitrogen and oxygen atoms in total. The van der Waals surface area contributed by atoms with E-state index >= 15 is 0 Å². The van der Waals surface area contributed by atoms with E-state index in [1.165, 1.54) is 25.0 Å². The fraction of sp³-hybridized carbons (Fsp3) is 0.500. The predicted molar refractivity (Wildman–Crippen MR) is 94.3 cm³/mol. The lowest BCUT2D eigenvalue weighted by molar-refractivity contribution is -0.133. The number of nitrogens with zero attached hydrogens (tertiary/aromatic N) is 3. The highest BCUT2D eigenvalue weighted by Crippen LogP contribution is 2.31. The summed E-state index contributed by atoms with van der Waals surface area (Å²) in [5.74, 6) is 0.586. The SMILES string of the molecule is CC(=O)N(Cc1ccc(F)cc1)C1CSC(=NC2CC2)N1C.Cl. The number of thioether (sulfide) groups is 1. The number of carbonyl (C=O) groups excluding carboxylic acids is 1. The molecule has 0 spiro atoms. The number of rotatable bonds is 4. The van der Waals surface area contributed by atoms with Gasteiger partial charge in [-0.1, -0.05) is 23.9 Å². The minimum Gasteiger partial charge on any atom is -0.333 e. The Hall–Kier alpha value is -1.27. The van der Waals surface area contributed by atoms with Crippen molar-refractivity contribution in [2.24, 2.45) is 4.99 Å². The smallest absolute Gasteiger partial charge is 0.221 e. The number of carbonyl (C=O) groups is 1. The third-order valence-electron chi connectivity index (χ3n) is 3.98. The molecule has 2 aliphatic rings. The van der Waals surface area contributed by atoms with E-state index in [9.17, 15) is 9.18 Å². The Bertz CT molecular complexity index is 591. The van der Waals surface area contributed by atoms with E-state index in [4.69, 9.17) is 4.99 Å². The number of amidine groups is 1. The highest BCUT2D eigenvalue weighted by atomic mass is 35.5. The standard InChI is InChI=1S/C16H20FN3OS.ClH/c1-11(21)20(9-12-3-5-13(17)6-4-12)15-10-22-16(19(15)2)18-14-7-8-14;/h3-6,14-15H,7-10H2,1-2H3;1H. The van der Waals surface area contributed by atoms with Gasteiger partial charge in [0.1, 0.15) is 12.0 Å². The van der Waals surface area contributed by atoms with Crippen molar-refractivity contribution in [3.8, 4) is 0 Å². The van der Waals surface area contributed by atoms with Crippen LogP contribution in [0.25, 0.3) is 0 Å². The predicted octanol–water partition coefficient (Wildman–Crippen LogP) is 3.12. The van der Waals surface area contributed by atoms with Crippen LogP contribution in [0.4, 0.5) is 4.39 Å². The number of aliphatic imine (C=N–C) groups is 1. The number of benzene rings is 1. The van der Waals surface area contributed by atoms with Gasteiger partial charge >= 0.3 is 0 Å². The van der Waals surface area contributed by atoms with Crippen LogP contribution in [0.2, 0.25) is 0 Å². The molecule has 2 fully saturated rings. The minimum atomic E-state index is -0.259. The highest BCUT2D eigenvalue weighted by Gasteiger charge is 2.35. The summed E-state index contributed by atoms with van der Waals surface area (Å²) in [6.07, 6.45) is 2.36. The van der Waals surface area contributed by atoms with Gasteiger partial charge in [-0.2, -0.15) is 0 Å². The second-order valence-electron chi connectivity index (χ2n) is 5.82. The van der Waals surface area contributed by atoms with Crippen molar-refractivity contribution in [1.29, 1.82) is 0 Å². The summed E-state index contributed by atoms with van der Waals surface area (Å²) >= 11 is 1.71. The maximum atomic E-state index is 13.0. The normalized spacial score (nSPS) is 22.1. The number of halogens is 2. The van der Waals surface area contributed by atoms with Gasteiger partial charge in [0.2, 0.25) is 5.91 Å². The van der Waals surface area contributed by atoms with E-state index in [0.29, 0.717) is 12.6 Å². The molecule has 1 saturated heterocycles. The van der Waals surface area contributed by atoms with E-state index in [1.807, 2.05) is 11.9 Å². The summed E-state index contributed by atoms with van der Waals surface area (Å²) in [6, 6.07) is 6.80. The fourth-order valence-corrected chi connectivity index (χ4v) is 3.74. The number of amides is 1. The zero-order chi connectivity index (χ0) is 15.7. The average Bonchev–Trinajstić information content (AvgIpc) is 3.23. The summed E-state index contributed by atoms with van der Waals surface area (Å²) in [5, 5.41) is 1.03. The number of hydrogen-bond acceptors (Lipinski definition) is 3. The first-order valence-electron chi connectivity index (χ1n) is 7.49. The van der Waals surface area contributed by atoms with Gasteiger partial charge in [-0.15, -0.1) is 12.4 Å². The largest absolute Gasteiger partial charge is 0.333 e. The monoisotopic (exact) mass is 357 g/mol. The first-order chi connectivity index (χ1) is 10.5. The molecule has 1 heterocycles. The average molecular weight is 358 g/mol. The highest BCUT2D eigenvalue weighted by molar-refractivity contribution is 8.14. The van der Waals surface area contributed by atoms with E-state index in [0.717, 1.165) is 16.5 Å². The van der Waals surface area contributed by atoms with Gasteiger partial charge in [0.25, 0.3) is 0 Å². The maximum Gasteiger partial charge on any atom is 0.221 e. The molecule has 126 valence electrons. The first kappa shape index (κ1) is 18.1. The van der Waals surface area contributed by atoms with Crippen LogP contribution in [-0.2, 0) is 11.3 Å². The Labute approximate surface area is 146 Å². The van der Waals surface area contributed by atoms with Crippen molar-refractivity contribution in [3.63, 3.8) is 0 Å². The molecule has 1 aromatic rings. The second-order valence-corrected chi connectivity index (χ2v) is 6.81. The Morgan fingerprint density at radius 3 is 2.61 bits per heavy atom. The van der Waals surface area contributed by atoms with Crippen molar-refractivity contribution in [2.75, 3.05) is 12.8 Å². The van der Waals surface area contributed by atoms with Crippen LogP contribution in [0.3, 0.4) is 0 Å². The van der Waals surface area contributed by atoms with Crippen LogP contribution in [0.15, 0.2) is 29.3 Å². The van der Waals surface area contributed by atoms with E-state index in [-0.39, 0.29) is 30.3 Å². The summed E-state index contributed by atoms with van der Waals surface area (Å²) in [5.41, 5.74) is 0.933. The summed E-state index contributed by atoms with van der Waals surface area (Å²) in [6.45, 7) is 2.07. The lowest BCUT2D eigenvalue weighted by atomic mass is 10.2. The van der Waals surface area contributed by atoms with E-state index in [2.05, 4.69) is 4.90 Å². The molecule has 1 atom stereocenters. The van der Waals surface area contributed by atoms with E-state index < -0.39 is 0 Å². The van der Waals surface area contributed by atoms with Crippen molar-refractivity contribution >= 4 is 35.2 Å². The fourth-order valence-electron chi connectivity index (χ4n) is 2.49. The molecule has 1 unspecified atom stereocenters. The van der Waals surface area contributed by atoms with Crippen LogP contribution >= 0.6 is 24.2 Å². The van der Waals surface area contributed by atoms with Gasteiger partial charge < -0.3 is 9.80 Å². The Morgan fingerprint density at radius 2 is 2.04 bits per heavy atom. The molecule has 1 aliphatic carbocycles. The Kier molecular flexibility index (Phi) is 5.92. The van der Waals surface area contributed by atoms with Crippen LogP contribution < -0.4 is 0 Å². The topological polar surface area (TPSA) is 35.9 Å². The van der Waals surface area contributed by atoms with Gasteiger partial charge in [0.05, 0.1) is 6.04 Å². The third kappa shape index (κ3) is 4.38. The molecule has 1 saturated carbocycles. The van der Waals surface area contributed by atoms with Crippen molar-refractivity contribution in [1.82, 2.24) is 9.80 Å². The molecule has 1 aromatic carbocycles. The third-order valence-corrected chi connectivity index (χ3v) is 5.10. The van der Waals surface area contributed by atoms with Crippen molar-refractivity contribution < 1.29 is 9.18 Å². The van der Waals surface area contributed by atoms with Crippen molar-refractivity contribution in [2.45, 2.75) is 38.5 Å². The lowest BCUT2D eigenvalue weighted by Gasteiger charge is -2.32. The van der Waals surface area contributed by atoms with Crippen LogP contribution in [0.1, 0.15) is 25.3 Å². The zero-order valence-electron chi connectivity index (χ0n) is 13.2. The summed E-state index contributed by atoms with van der Waals surface area (Å²) < 4.78 is 13.0. The molecule has 0 bridgehead atoms. The van der Waals surface area contributed by atoms with Crippen LogP contribution in [0.5, 0.6) is 0 Å². The molecule has 0 N–H and O–H groups in total. The van der Waals surface area contributed by atoms with Gasteiger partial charge in [-0.05, 0) is 30.5 Å². The van der Waals surface area contributed by atoms with Gasteiger partial charge in [0.15, 0.2) is 5.17 Å². The Balaban J connectivity index is 0.00000192. The summed E-state index contributed by atoms with van der Waals surface area (Å²) in [7, 11) is 1.99. The number of hydrogen-bond donors (Lipinski definition) is 0. The molecule has 1 amide bonds. The zero-order valence-corrected chi connectivity index (χ0v) is 14.9. The van der Waals surface area contributed by atoms with Crippen LogP contribution in [0, 0.1) is 5.82 Å². The van der Waals surface area contributed by atoms with Crippen LogP contribution in [-0.4, -0.2) is 45.9 Å². The molecule has 0 radical (unpaired) electrons. The van der Waals surface area contributed by atoms with E-state index in [1.54, 1.807) is 30.8 Å². The molecular weight excluding hydrogens is 337 g/mol. The first-order valence-corrected chi connectivity index (χ1v) is 8.48. The van der Waals surface area contributed by atoms with Gasteiger partial charge in [-0.25, -0.2) is 4.39 Å². The second kappa shape index (κ2) is 7.53. The van der Waals surface area contributed by atoms with Gasteiger partial charge in [-0.3, -0.25) is 9.79 Å². The Morgan fingerprint density at radius 1 is 1.39 bits per heavy atom. The van der Waals surface area contributed by atoms with Gasteiger partial charge in [0, 0.05) is 26.3 Å². The lowest BCUT2D eigenvalue weighted by Crippen LogP contribution is -2.47. The molecular formula is C16H21ClFN3OS. The maximum absolute atomic E-state index is 13.0. The minimum absolute atomic E-state index is 0. The quantitative estimate of drug-likeness (QED) is 0.830. The molecule has 7 heteroatoms. The van der Waals surface area contributed by atoms with Crippen molar-refractivity contribution in [3.05, 3.63) is 35.6 Å². The molecule has 1 aliphatic heterocycles. The molecule has 23 heavy (non-hydrogen) atoms. The molecule has 0 aromatic heterocycles.